The first kappa shape index (κ1) is 31.2. The summed E-state index contributed by atoms with van der Waals surface area (Å²) in [4.78, 5) is 35.8. The van der Waals surface area contributed by atoms with E-state index in [4.69, 9.17) is 23.7 Å². The smallest absolute Gasteiger partial charge is 0.337 e. The van der Waals surface area contributed by atoms with Gasteiger partial charge in [-0.15, -0.1) is 0 Å². The number of aliphatic hydroxyl groups excluding tert-OH is 1. The number of amides is 2. The number of ether oxygens (including phenoxy) is 5. The molecule has 2 aromatic rings. The molecule has 2 amide bonds. The lowest BCUT2D eigenvalue weighted by Gasteiger charge is -2.28. The largest absolute Gasteiger partial charge is 0.493 e. The number of rotatable bonds is 12. The molecule has 2 aromatic carbocycles. The third-order valence-corrected chi connectivity index (χ3v) is 6.20. The summed E-state index contributed by atoms with van der Waals surface area (Å²) in [6.07, 6.45) is 0.252. The molecule has 0 saturated carbocycles. The molecular formula is C27H31BrN4O9. The third-order valence-electron chi connectivity index (χ3n) is 5.61. The fraction of sp³-hybridized carbons (Fsp3) is 0.333. The van der Waals surface area contributed by atoms with Crippen molar-refractivity contribution in [1.82, 2.24) is 16.1 Å². The summed E-state index contributed by atoms with van der Waals surface area (Å²) in [7, 11) is 2.70. The highest BCUT2D eigenvalue weighted by Gasteiger charge is 2.32. The molecule has 0 fully saturated rings. The normalized spacial score (nSPS) is 15.5. The molecule has 3 rings (SSSR count). The van der Waals surface area contributed by atoms with Crippen LogP contribution < -0.4 is 35.0 Å². The monoisotopic (exact) mass is 634 g/mol. The predicted molar refractivity (Wildman–Crippen MR) is 151 cm³/mol. The zero-order chi connectivity index (χ0) is 30.1. The minimum Gasteiger partial charge on any atom is -0.493 e. The fourth-order valence-electron chi connectivity index (χ4n) is 3.88. The van der Waals surface area contributed by atoms with E-state index >= 15 is 0 Å². The van der Waals surface area contributed by atoms with Gasteiger partial charge in [0.2, 0.25) is 0 Å². The molecule has 0 unspecified atom stereocenters. The van der Waals surface area contributed by atoms with Crippen LogP contribution in [0.25, 0.3) is 0 Å². The summed E-state index contributed by atoms with van der Waals surface area (Å²) >= 11 is 3.34. The number of aliphatic hydroxyl groups is 1. The Hall–Kier alpha value is -4.30. The molecule has 0 saturated heterocycles. The van der Waals surface area contributed by atoms with Gasteiger partial charge in [-0.1, -0.05) is 6.07 Å². The lowest BCUT2D eigenvalue weighted by Crippen LogP contribution is -2.45. The van der Waals surface area contributed by atoms with E-state index in [0.717, 1.165) is 0 Å². The summed E-state index contributed by atoms with van der Waals surface area (Å²) in [6, 6.07) is 6.98. The highest BCUT2D eigenvalue weighted by atomic mass is 79.9. The van der Waals surface area contributed by atoms with Crippen LogP contribution >= 0.6 is 15.9 Å². The van der Waals surface area contributed by atoms with Gasteiger partial charge >= 0.3 is 18.0 Å². The first-order chi connectivity index (χ1) is 19.6. The minimum atomic E-state index is -1.19. The van der Waals surface area contributed by atoms with E-state index in [0.29, 0.717) is 45.2 Å². The first-order valence-electron chi connectivity index (χ1n) is 12.4. The van der Waals surface area contributed by atoms with Gasteiger partial charge in [0.25, 0.3) is 0 Å². The Labute approximate surface area is 244 Å². The number of carbonyl (C=O) groups excluding carboxylic acids is 3. The molecule has 2 atom stereocenters. The molecule has 4 N–H and O–H groups in total. The Morgan fingerprint density at radius 1 is 1.17 bits per heavy atom. The quantitative estimate of drug-likeness (QED) is 0.0896. The number of benzene rings is 2. The van der Waals surface area contributed by atoms with Gasteiger partial charge in [0.15, 0.2) is 29.2 Å². The zero-order valence-corrected chi connectivity index (χ0v) is 24.7. The van der Waals surface area contributed by atoms with E-state index in [1.165, 1.54) is 27.4 Å². The van der Waals surface area contributed by atoms with Gasteiger partial charge in [0, 0.05) is 12.6 Å². The number of halogens is 1. The van der Waals surface area contributed by atoms with Crippen molar-refractivity contribution >= 4 is 40.1 Å². The SMILES string of the molecule is CCOc1cc([C@@H]2NC(=O)NC(C)=C2C(=O)OC)ccc1OC[C@@H](O)N/N=C/c1cc(Br)c(OC(C)=O)c(OC)c1. The molecular weight excluding hydrogens is 604 g/mol. The second kappa shape index (κ2) is 14.4. The number of urea groups is 1. The number of nitrogens with one attached hydrogen (secondary N) is 3. The standard InChI is InChI=1S/C27H31BrN4O9/c1-6-39-20-11-17(24-23(26(35)38-5)14(2)30-27(36)31-24)7-8-19(20)40-13-22(34)32-29-12-16-9-18(28)25(41-15(3)33)21(10-16)37-4/h7-12,22,24,32,34H,6,13H2,1-5H3,(H2,30,31,36)/b29-12+/t22-,24+/m1/s1. The lowest BCUT2D eigenvalue weighted by atomic mass is 9.95. The molecule has 1 aliphatic heterocycles. The van der Waals surface area contributed by atoms with Crippen molar-refractivity contribution in [3.63, 3.8) is 0 Å². The molecule has 41 heavy (non-hydrogen) atoms. The highest BCUT2D eigenvalue weighted by Crippen LogP contribution is 2.37. The van der Waals surface area contributed by atoms with Crippen LogP contribution in [0.15, 0.2) is 51.2 Å². The summed E-state index contributed by atoms with van der Waals surface area (Å²) in [5.74, 6) is 0.161. The van der Waals surface area contributed by atoms with Crippen LogP contribution in [0.1, 0.15) is 37.9 Å². The number of esters is 2. The summed E-state index contributed by atoms with van der Waals surface area (Å²) in [5.41, 5.74) is 4.36. The Kier molecular flexibility index (Phi) is 10.9. The molecule has 0 spiro atoms. The second-order valence-electron chi connectivity index (χ2n) is 8.54. The number of hydrazone groups is 1. The number of hydrogen-bond acceptors (Lipinski definition) is 11. The lowest BCUT2D eigenvalue weighted by molar-refractivity contribution is -0.136. The van der Waals surface area contributed by atoms with E-state index in [9.17, 15) is 19.5 Å². The predicted octanol–water partition coefficient (Wildman–Crippen LogP) is 2.90. The van der Waals surface area contributed by atoms with Crippen molar-refractivity contribution in [2.45, 2.75) is 33.0 Å². The van der Waals surface area contributed by atoms with Gasteiger partial charge in [0.1, 0.15) is 6.61 Å². The fourth-order valence-corrected chi connectivity index (χ4v) is 4.42. The van der Waals surface area contributed by atoms with Gasteiger partial charge in [-0.3, -0.25) is 10.2 Å². The van der Waals surface area contributed by atoms with Crippen molar-refractivity contribution < 1.29 is 43.2 Å². The van der Waals surface area contributed by atoms with Gasteiger partial charge in [-0.25, -0.2) is 9.59 Å². The van der Waals surface area contributed by atoms with Gasteiger partial charge in [-0.2, -0.15) is 5.10 Å². The second-order valence-corrected chi connectivity index (χ2v) is 9.40. The van der Waals surface area contributed by atoms with E-state index < -0.39 is 30.2 Å². The van der Waals surface area contributed by atoms with Gasteiger partial charge in [-0.05, 0) is 65.2 Å². The third kappa shape index (κ3) is 8.11. The van der Waals surface area contributed by atoms with Gasteiger partial charge in [0.05, 0.1) is 43.1 Å². The van der Waals surface area contributed by atoms with E-state index in [1.54, 1.807) is 44.2 Å². The highest BCUT2D eigenvalue weighted by molar-refractivity contribution is 9.10. The van der Waals surface area contributed by atoms with Crippen molar-refractivity contribution in [2.75, 3.05) is 27.4 Å². The van der Waals surface area contributed by atoms with Crippen molar-refractivity contribution in [3.8, 4) is 23.0 Å². The van der Waals surface area contributed by atoms with Crippen LogP contribution in [-0.2, 0) is 14.3 Å². The number of methoxy groups -OCH3 is 2. The first-order valence-corrected chi connectivity index (χ1v) is 13.2. The molecule has 0 aromatic heterocycles. The molecule has 1 heterocycles. The van der Waals surface area contributed by atoms with Crippen molar-refractivity contribution in [2.24, 2.45) is 5.10 Å². The number of allylic oxidation sites excluding steroid dienone is 1. The van der Waals surface area contributed by atoms with Crippen LogP contribution in [0, 0.1) is 0 Å². The zero-order valence-electron chi connectivity index (χ0n) is 23.1. The molecule has 0 bridgehead atoms. The Balaban J connectivity index is 1.70. The number of nitrogens with zero attached hydrogens (tertiary/aromatic N) is 1. The Morgan fingerprint density at radius 3 is 2.59 bits per heavy atom. The maximum Gasteiger partial charge on any atom is 0.337 e. The summed E-state index contributed by atoms with van der Waals surface area (Å²) in [6.45, 7) is 4.82. The van der Waals surface area contributed by atoms with E-state index in [1.807, 2.05) is 0 Å². The molecule has 1 aliphatic rings. The van der Waals surface area contributed by atoms with Crippen LogP contribution in [0.5, 0.6) is 23.0 Å². The number of hydrogen-bond donors (Lipinski definition) is 4. The van der Waals surface area contributed by atoms with Crippen LogP contribution in [0.3, 0.4) is 0 Å². The molecule has 0 aliphatic carbocycles. The number of carbonyl (C=O) groups is 3. The molecule has 13 nitrogen and oxygen atoms in total. The van der Waals surface area contributed by atoms with Crippen molar-refractivity contribution in [1.29, 1.82) is 0 Å². The minimum absolute atomic E-state index is 0.189. The summed E-state index contributed by atoms with van der Waals surface area (Å²) in [5, 5.41) is 19.7. The maximum absolute atomic E-state index is 12.4. The van der Waals surface area contributed by atoms with Crippen LogP contribution in [-0.4, -0.2) is 63.0 Å². The molecule has 220 valence electrons. The van der Waals surface area contributed by atoms with Crippen LogP contribution in [0.2, 0.25) is 0 Å². The van der Waals surface area contributed by atoms with Crippen molar-refractivity contribution in [3.05, 3.63) is 57.2 Å². The molecule has 14 heteroatoms. The van der Waals surface area contributed by atoms with E-state index in [2.05, 4.69) is 37.1 Å². The average Bonchev–Trinajstić information content (AvgIpc) is 2.92. The average molecular weight is 635 g/mol. The Bertz CT molecular complexity index is 1360. The van der Waals surface area contributed by atoms with Gasteiger partial charge < -0.3 is 39.4 Å². The van der Waals surface area contributed by atoms with E-state index in [-0.39, 0.29) is 17.9 Å². The molecule has 0 radical (unpaired) electrons. The Morgan fingerprint density at radius 2 is 1.93 bits per heavy atom. The topological polar surface area (TPSA) is 166 Å². The van der Waals surface area contributed by atoms with Crippen LogP contribution in [0.4, 0.5) is 4.79 Å². The summed E-state index contributed by atoms with van der Waals surface area (Å²) < 4.78 is 27.3. The maximum atomic E-state index is 12.4.